The normalized spacial score (nSPS) is 10.3. The molecule has 36 heavy (non-hydrogen) atoms. The lowest BCUT2D eigenvalue weighted by Gasteiger charge is -2.13. The van der Waals surface area contributed by atoms with E-state index in [1.54, 1.807) is 18.2 Å². The van der Waals surface area contributed by atoms with E-state index in [1.165, 1.54) is 0 Å². The predicted octanol–water partition coefficient (Wildman–Crippen LogP) is 8.38. The molecule has 3 nitrogen and oxygen atoms in total. The standard InChI is InChI=1S/C33H30O3/c1-4-19-34-31-13-7-25(8-14-31)28-22-29(26-9-15-32(16-10-26)35-20-5-2)24-30(23-28)27-11-17-33(18-12-27)36-21-6-3/h4-18,22-24H,1-3,19-21H2. The quantitative estimate of drug-likeness (QED) is 0.193. The van der Waals surface area contributed by atoms with E-state index in [-0.39, 0.29) is 0 Å². The molecule has 0 heterocycles. The van der Waals surface area contributed by atoms with E-state index >= 15 is 0 Å². The van der Waals surface area contributed by atoms with Crippen LogP contribution in [-0.4, -0.2) is 19.8 Å². The minimum absolute atomic E-state index is 0.484. The van der Waals surface area contributed by atoms with Gasteiger partial charge in [0, 0.05) is 0 Å². The van der Waals surface area contributed by atoms with Crippen LogP contribution in [0, 0.1) is 0 Å². The fraction of sp³-hybridized carbons (Fsp3) is 0.0909. The van der Waals surface area contributed by atoms with Crippen molar-refractivity contribution in [2.24, 2.45) is 0 Å². The lowest BCUT2D eigenvalue weighted by Crippen LogP contribution is -1.93. The summed E-state index contributed by atoms with van der Waals surface area (Å²) in [5.74, 6) is 2.46. The van der Waals surface area contributed by atoms with E-state index < -0.39 is 0 Å². The second-order valence-electron chi connectivity index (χ2n) is 8.17. The van der Waals surface area contributed by atoms with Crippen LogP contribution in [0.2, 0.25) is 0 Å². The van der Waals surface area contributed by atoms with Crippen LogP contribution in [0.5, 0.6) is 17.2 Å². The molecule has 0 aliphatic carbocycles. The number of hydrogen-bond donors (Lipinski definition) is 0. The van der Waals surface area contributed by atoms with Crippen molar-refractivity contribution in [3.63, 3.8) is 0 Å². The van der Waals surface area contributed by atoms with Gasteiger partial charge in [-0.05, 0) is 88.0 Å². The third-order valence-electron chi connectivity index (χ3n) is 5.60. The van der Waals surface area contributed by atoms with Crippen LogP contribution in [0.4, 0.5) is 0 Å². The van der Waals surface area contributed by atoms with Gasteiger partial charge in [-0.25, -0.2) is 0 Å². The lowest BCUT2D eigenvalue weighted by atomic mass is 9.93. The maximum Gasteiger partial charge on any atom is 0.119 e. The molecule has 0 aliphatic rings. The summed E-state index contributed by atoms with van der Waals surface area (Å²) in [6.07, 6.45) is 5.22. The van der Waals surface area contributed by atoms with Gasteiger partial charge in [0.25, 0.3) is 0 Å². The average molecular weight is 475 g/mol. The molecular formula is C33H30O3. The molecule has 0 bridgehead atoms. The first-order valence-corrected chi connectivity index (χ1v) is 11.9. The van der Waals surface area contributed by atoms with E-state index in [0.29, 0.717) is 19.8 Å². The van der Waals surface area contributed by atoms with Crippen molar-refractivity contribution in [1.29, 1.82) is 0 Å². The molecule has 3 heteroatoms. The van der Waals surface area contributed by atoms with Crippen LogP contribution in [0.1, 0.15) is 0 Å². The number of hydrogen-bond acceptors (Lipinski definition) is 3. The Morgan fingerprint density at radius 3 is 0.861 bits per heavy atom. The van der Waals surface area contributed by atoms with Crippen LogP contribution >= 0.6 is 0 Å². The molecule has 0 saturated heterocycles. The van der Waals surface area contributed by atoms with Crippen molar-refractivity contribution in [3.8, 4) is 50.6 Å². The molecule has 0 atom stereocenters. The minimum atomic E-state index is 0.484. The monoisotopic (exact) mass is 474 g/mol. The van der Waals surface area contributed by atoms with Gasteiger partial charge in [-0.1, -0.05) is 74.4 Å². The third-order valence-corrected chi connectivity index (χ3v) is 5.60. The van der Waals surface area contributed by atoms with Gasteiger partial charge in [0.15, 0.2) is 0 Å². The second kappa shape index (κ2) is 12.3. The van der Waals surface area contributed by atoms with E-state index in [1.807, 2.05) is 36.4 Å². The van der Waals surface area contributed by atoms with Crippen LogP contribution < -0.4 is 14.2 Å². The maximum absolute atomic E-state index is 5.66. The number of rotatable bonds is 12. The largest absolute Gasteiger partial charge is 0.490 e. The molecule has 4 aromatic rings. The summed E-state index contributed by atoms with van der Waals surface area (Å²) in [5.41, 5.74) is 6.70. The molecule has 0 fully saturated rings. The van der Waals surface area contributed by atoms with Gasteiger partial charge in [-0.15, -0.1) is 0 Å². The molecule has 4 rings (SSSR count). The first-order chi connectivity index (χ1) is 17.7. The molecule has 0 unspecified atom stereocenters. The Bertz CT molecular complexity index is 1120. The highest BCUT2D eigenvalue weighted by atomic mass is 16.5. The fourth-order valence-electron chi connectivity index (χ4n) is 3.82. The molecule has 0 saturated carbocycles. The summed E-state index contributed by atoms with van der Waals surface area (Å²) in [6.45, 7) is 12.6. The van der Waals surface area contributed by atoms with Gasteiger partial charge in [0.1, 0.15) is 37.1 Å². The Kier molecular flexibility index (Phi) is 8.39. The van der Waals surface area contributed by atoms with Crippen LogP contribution in [0.25, 0.3) is 33.4 Å². The summed E-state index contributed by atoms with van der Waals surface area (Å²) >= 11 is 0. The van der Waals surface area contributed by atoms with Gasteiger partial charge in [0.2, 0.25) is 0 Å². The van der Waals surface area contributed by atoms with Crippen molar-refractivity contribution >= 4 is 0 Å². The zero-order valence-electron chi connectivity index (χ0n) is 20.4. The third kappa shape index (κ3) is 6.34. The van der Waals surface area contributed by atoms with Crippen molar-refractivity contribution < 1.29 is 14.2 Å². The summed E-state index contributed by atoms with van der Waals surface area (Å²) in [5, 5.41) is 0. The van der Waals surface area contributed by atoms with Gasteiger partial charge >= 0.3 is 0 Å². The highest BCUT2D eigenvalue weighted by Crippen LogP contribution is 2.34. The molecule has 0 amide bonds. The summed E-state index contributed by atoms with van der Waals surface area (Å²) in [6, 6.07) is 31.1. The highest BCUT2D eigenvalue weighted by Gasteiger charge is 2.09. The van der Waals surface area contributed by atoms with E-state index in [0.717, 1.165) is 50.6 Å². The first-order valence-electron chi connectivity index (χ1n) is 11.9. The lowest BCUT2D eigenvalue weighted by molar-refractivity contribution is 0.363. The molecule has 0 aromatic heterocycles. The van der Waals surface area contributed by atoms with E-state index in [9.17, 15) is 0 Å². The summed E-state index contributed by atoms with van der Waals surface area (Å²) < 4.78 is 17.0. The SMILES string of the molecule is C=CCOc1ccc(-c2cc(-c3ccc(OCC=C)cc3)cc(-c3ccc(OCC=C)cc3)c2)cc1. The topological polar surface area (TPSA) is 27.7 Å². The maximum atomic E-state index is 5.66. The second-order valence-corrected chi connectivity index (χ2v) is 8.17. The first kappa shape index (κ1) is 24.6. The zero-order valence-corrected chi connectivity index (χ0v) is 20.4. The van der Waals surface area contributed by atoms with E-state index in [4.69, 9.17) is 14.2 Å². The average Bonchev–Trinajstić information content (AvgIpc) is 2.94. The molecule has 0 aliphatic heterocycles. The van der Waals surface area contributed by atoms with Crippen molar-refractivity contribution in [2.45, 2.75) is 0 Å². The Morgan fingerprint density at radius 1 is 0.389 bits per heavy atom. The number of benzene rings is 4. The Morgan fingerprint density at radius 2 is 0.639 bits per heavy atom. The molecule has 0 N–H and O–H groups in total. The van der Waals surface area contributed by atoms with Gasteiger partial charge in [-0.3, -0.25) is 0 Å². The van der Waals surface area contributed by atoms with Crippen LogP contribution in [0.15, 0.2) is 129 Å². The molecule has 0 spiro atoms. The molecular weight excluding hydrogens is 444 g/mol. The zero-order chi connectivity index (χ0) is 25.2. The predicted molar refractivity (Wildman–Crippen MR) is 150 cm³/mol. The summed E-state index contributed by atoms with van der Waals surface area (Å²) in [7, 11) is 0. The van der Waals surface area contributed by atoms with Crippen molar-refractivity contribution in [2.75, 3.05) is 19.8 Å². The van der Waals surface area contributed by atoms with Gasteiger partial charge < -0.3 is 14.2 Å². The molecule has 180 valence electrons. The Balaban J connectivity index is 1.71. The Labute approximate surface area is 213 Å². The molecule has 0 radical (unpaired) electrons. The van der Waals surface area contributed by atoms with Gasteiger partial charge in [-0.2, -0.15) is 0 Å². The van der Waals surface area contributed by atoms with Crippen molar-refractivity contribution in [3.05, 3.63) is 129 Å². The fourth-order valence-corrected chi connectivity index (χ4v) is 3.82. The molecule has 4 aromatic carbocycles. The highest BCUT2D eigenvalue weighted by molar-refractivity contribution is 5.81. The van der Waals surface area contributed by atoms with E-state index in [2.05, 4.69) is 74.3 Å². The van der Waals surface area contributed by atoms with Crippen LogP contribution in [0.3, 0.4) is 0 Å². The van der Waals surface area contributed by atoms with Crippen LogP contribution in [-0.2, 0) is 0 Å². The smallest absolute Gasteiger partial charge is 0.119 e. The van der Waals surface area contributed by atoms with Crippen molar-refractivity contribution in [1.82, 2.24) is 0 Å². The number of ether oxygens (including phenoxy) is 3. The Hall–Kier alpha value is -4.50. The van der Waals surface area contributed by atoms with Gasteiger partial charge in [0.05, 0.1) is 0 Å². The summed E-state index contributed by atoms with van der Waals surface area (Å²) in [4.78, 5) is 0. The minimum Gasteiger partial charge on any atom is -0.490 e.